The number of thiazole rings is 1. The summed E-state index contributed by atoms with van der Waals surface area (Å²) in [5, 5.41) is 5.99. The molecule has 0 unspecified atom stereocenters. The number of piperidine rings is 1. The van der Waals surface area contributed by atoms with Crippen LogP contribution in [0.4, 0.5) is 0 Å². The Balaban J connectivity index is 1.40. The van der Waals surface area contributed by atoms with Crippen molar-refractivity contribution >= 4 is 17.2 Å². The predicted molar refractivity (Wildman–Crippen MR) is 104 cm³/mol. The third-order valence-electron chi connectivity index (χ3n) is 4.61. The van der Waals surface area contributed by atoms with E-state index in [1.807, 2.05) is 5.38 Å². The highest BCUT2D eigenvalue weighted by molar-refractivity contribution is 7.13. The van der Waals surface area contributed by atoms with E-state index in [4.69, 9.17) is 0 Å². The number of carbonyl (C=O) groups excluding carboxylic acids is 1. The third-order valence-corrected chi connectivity index (χ3v) is 5.55. The quantitative estimate of drug-likeness (QED) is 0.769. The third kappa shape index (κ3) is 5.65. The number of carbonyl (C=O) groups is 1. The van der Waals surface area contributed by atoms with Gasteiger partial charge in [0.05, 0.1) is 12.1 Å². The van der Waals surface area contributed by atoms with Crippen LogP contribution in [0.5, 0.6) is 0 Å². The maximum Gasteiger partial charge on any atom is 0.226 e. The van der Waals surface area contributed by atoms with E-state index in [0.29, 0.717) is 6.42 Å². The van der Waals surface area contributed by atoms with E-state index in [1.165, 1.54) is 37.9 Å². The van der Waals surface area contributed by atoms with E-state index in [0.717, 1.165) is 35.8 Å². The fraction of sp³-hybridized carbons (Fsp3) is 0.500. The minimum absolute atomic E-state index is 0.0689. The van der Waals surface area contributed by atoms with Gasteiger partial charge in [-0.3, -0.25) is 4.79 Å². The van der Waals surface area contributed by atoms with Crippen LogP contribution < -0.4 is 5.32 Å². The zero-order valence-electron chi connectivity index (χ0n) is 15.0. The van der Waals surface area contributed by atoms with Crippen LogP contribution >= 0.6 is 11.3 Å². The standard InChI is InChI=1S/C20H27N3OS/c1-16-6-8-17(9-7-16)20-22-18(15-25-20)14-19(24)21-10-5-13-23-11-3-2-4-12-23/h6-9,15H,2-5,10-14H2,1H3,(H,21,24). The smallest absolute Gasteiger partial charge is 0.226 e. The average Bonchev–Trinajstić information content (AvgIpc) is 3.09. The Hall–Kier alpha value is -1.72. The molecule has 5 heteroatoms. The van der Waals surface area contributed by atoms with Crippen molar-refractivity contribution in [2.45, 2.75) is 39.0 Å². The highest BCUT2D eigenvalue weighted by atomic mass is 32.1. The molecule has 0 saturated carbocycles. The molecule has 0 spiro atoms. The molecule has 1 saturated heterocycles. The van der Waals surface area contributed by atoms with E-state index >= 15 is 0 Å². The minimum Gasteiger partial charge on any atom is -0.356 e. The minimum atomic E-state index is 0.0689. The van der Waals surface area contributed by atoms with Crippen LogP contribution in [0, 0.1) is 6.92 Å². The molecule has 3 rings (SSSR count). The molecule has 134 valence electrons. The molecule has 25 heavy (non-hydrogen) atoms. The zero-order valence-corrected chi connectivity index (χ0v) is 15.8. The lowest BCUT2D eigenvalue weighted by Crippen LogP contribution is -2.33. The topological polar surface area (TPSA) is 45.2 Å². The van der Waals surface area contributed by atoms with Crippen molar-refractivity contribution in [3.8, 4) is 10.6 Å². The Morgan fingerprint density at radius 3 is 2.72 bits per heavy atom. The van der Waals surface area contributed by atoms with Gasteiger partial charge in [0.2, 0.25) is 5.91 Å². The zero-order chi connectivity index (χ0) is 17.5. The Bertz CT molecular complexity index is 675. The summed E-state index contributed by atoms with van der Waals surface area (Å²) in [4.78, 5) is 19.2. The molecule has 1 aromatic heterocycles. The molecule has 1 aromatic carbocycles. The number of hydrogen-bond acceptors (Lipinski definition) is 4. The summed E-state index contributed by atoms with van der Waals surface area (Å²) in [6.07, 6.45) is 5.40. The average molecular weight is 358 g/mol. The second-order valence-electron chi connectivity index (χ2n) is 6.79. The molecule has 4 nitrogen and oxygen atoms in total. The molecule has 0 radical (unpaired) electrons. The summed E-state index contributed by atoms with van der Waals surface area (Å²) in [7, 11) is 0. The summed E-state index contributed by atoms with van der Waals surface area (Å²) >= 11 is 1.60. The molecule has 1 fully saturated rings. The molecule has 1 aliphatic heterocycles. The normalized spacial score (nSPS) is 15.2. The van der Waals surface area contributed by atoms with Gasteiger partial charge < -0.3 is 10.2 Å². The van der Waals surface area contributed by atoms with Crippen molar-refractivity contribution in [2.24, 2.45) is 0 Å². The van der Waals surface area contributed by atoms with Gasteiger partial charge in [0.1, 0.15) is 5.01 Å². The van der Waals surface area contributed by atoms with Gasteiger partial charge in [0.15, 0.2) is 0 Å². The molecule has 1 aliphatic rings. The highest BCUT2D eigenvalue weighted by Gasteiger charge is 2.11. The van der Waals surface area contributed by atoms with E-state index in [-0.39, 0.29) is 5.91 Å². The molecular weight excluding hydrogens is 330 g/mol. The number of aryl methyl sites for hydroxylation is 1. The maximum absolute atomic E-state index is 12.1. The number of amides is 1. The van der Waals surface area contributed by atoms with Crippen LogP contribution in [0.2, 0.25) is 0 Å². The van der Waals surface area contributed by atoms with Crippen molar-refractivity contribution in [1.82, 2.24) is 15.2 Å². The first kappa shape index (κ1) is 18.1. The van der Waals surface area contributed by atoms with Gasteiger partial charge in [-0.15, -0.1) is 11.3 Å². The van der Waals surface area contributed by atoms with Gasteiger partial charge in [-0.2, -0.15) is 0 Å². The monoisotopic (exact) mass is 357 g/mol. The fourth-order valence-corrected chi connectivity index (χ4v) is 3.98. The van der Waals surface area contributed by atoms with E-state index in [2.05, 4.69) is 46.4 Å². The highest BCUT2D eigenvalue weighted by Crippen LogP contribution is 2.24. The summed E-state index contributed by atoms with van der Waals surface area (Å²) in [5.74, 6) is 0.0689. The van der Waals surface area contributed by atoms with Crippen LogP contribution in [-0.4, -0.2) is 42.0 Å². The molecule has 1 N–H and O–H groups in total. The summed E-state index contributed by atoms with van der Waals surface area (Å²) in [6, 6.07) is 8.34. The molecule has 1 amide bonds. The van der Waals surface area contributed by atoms with Gasteiger partial charge in [0.25, 0.3) is 0 Å². The fourth-order valence-electron chi connectivity index (χ4n) is 3.16. The molecular formula is C20H27N3OS. The van der Waals surface area contributed by atoms with Crippen molar-refractivity contribution in [3.63, 3.8) is 0 Å². The van der Waals surface area contributed by atoms with Crippen molar-refractivity contribution < 1.29 is 4.79 Å². The number of hydrogen-bond donors (Lipinski definition) is 1. The van der Waals surface area contributed by atoms with Crippen molar-refractivity contribution in [2.75, 3.05) is 26.2 Å². The molecule has 0 bridgehead atoms. The Morgan fingerprint density at radius 2 is 1.96 bits per heavy atom. The van der Waals surface area contributed by atoms with Crippen LogP contribution in [0.1, 0.15) is 36.9 Å². The van der Waals surface area contributed by atoms with Crippen LogP contribution in [0.25, 0.3) is 10.6 Å². The summed E-state index contributed by atoms with van der Waals surface area (Å²) < 4.78 is 0. The molecule has 0 aliphatic carbocycles. The van der Waals surface area contributed by atoms with Crippen LogP contribution in [0.3, 0.4) is 0 Å². The van der Waals surface area contributed by atoms with Gasteiger partial charge in [-0.1, -0.05) is 36.2 Å². The van der Waals surface area contributed by atoms with Gasteiger partial charge in [0, 0.05) is 17.5 Å². The summed E-state index contributed by atoms with van der Waals surface area (Å²) in [6.45, 7) is 6.36. The lowest BCUT2D eigenvalue weighted by atomic mass is 10.1. The largest absolute Gasteiger partial charge is 0.356 e. The molecule has 2 heterocycles. The van der Waals surface area contributed by atoms with E-state index < -0.39 is 0 Å². The van der Waals surface area contributed by atoms with Crippen molar-refractivity contribution in [3.05, 3.63) is 40.9 Å². The first-order chi connectivity index (χ1) is 12.2. The van der Waals surface area contributed by atoms with Gasteiger partial charge in [-0.05, 0) is 45.8 Å². The van der Waals surface area contributed by atoms with E-state index in [1.54, 1.807) is 11.3 Å². The molecule has 2 aromatic rings. The first-order valence-corrected chi connectivity index (χ1v) is 10.1. The lowest BCUT2D eigenvalue weighted by Gasteiger charge is -2.26. The van der Waals surface area contributed by atoms with E-state index in [9.17, 15) is 4.79 Å². The SMILES string of the molecule is Cc1ccc(-c2nc(CC(=O)NCCCN3CCCCC3)cs2)cc1. The van der Waals surface area contributed by atoms with Gasteiger partial charge >= 0.3 is 0 Å². The number of benzene rings is 1. The van der Waals surface area contributed by atoms with Crippen molar-refractivity contribution in [1.29, 1.82) is 0 Å². The Labute approximate surface area is 154 Å². The van der Waals surface area contributed by atoms with Crippen LogP contribution in [-0.2, 0) is 11.2 Å². The second kappa shape index (κ2) is 9.11. The number of aromatic nitrogens is 1. The Morgan fingerprint density at radius 1 is 1.20 bits per heavy atom. The Kier molecular flexibility index (Phi) is 6.59. The summed E-state index contributed by atoms with van der Waals surface area (Å²) in [5.41, 5.74) is 3.21. The lowest BCUT2D eigenvalue weighted by molar-refractivity contribution is -0.120. The maximum atomic E-state index is 12.1. The number of nitrogens with zero attached hydrogens (tertiary/aromatic N) is 2. The number of rotatable bonds is 7. The number of nitrogens with one attached hydrogen (secondary N) is 1. The first-order valence-electron chi connectivity index (χ1n) is 9.21. The van der Waals surface area contributed by atoms with Crippen LogP contribution in [0.15, 0.2) is 29.6 Å². The predicted octanol–water partition coefficient (Wildman–Crippen LogP) is 3.65. The van der Waals surface area contributed by atoms with Gasteiger partial charge in [-0.25, -0.2) is 4.98 Å². The molecule has 0 atom stereocenters. The number of likely N-dealkylation sites (tertiary alicyclic amines) is 1. The second-order valence-corrected chi connectivity index (χ2v) is 7.65.